The van der Waals surface area contributed by atoms with E-state index in [-0.39, 0.29) is 36.4 Å². The number of rotatable bonds is 2. The summed E-state index contributed by atoms with van der Waals surface area (Å²) in [5, 5.41) is 9.41. The van der Waals surface area contributed by atoms with Crippen molar-refractivity contribution in [3.05, 3.63) is 28.1 Å². The van der Waals surface area contributed by atoms with E-state index in [1.165, 1.54) is 18.2 Å². The molecule has 2 aromatic rings. The Morgan fingerprint density at radius 1 is 1.39 bits per heavy atom. The van der Waals surface area contributed by atoms with Crippen LogP contribution in [0.3, 0.4) is 0 Å². The predicted molar refractivity (Wildman–Crippen MR) is 64.7 cm³/mol. The van der Waals surface area contributed by atoms with Crippen molar-refractivity contribution in [3.8, 4) is 0 Å². The first kappa shape index (κ1) is 15.9. The van der Waals surface area contributed by atoms with Gasteiger partial charge in [-0.1, -0.05) is 17.7 Å². The molecule has 0 aliphatic heterocycles. The van der Waals surface area contributed by atoms with Crippen LogP contribution in [0.1, 0.15) is 11.1 Å². The average molecular weight is 317 g/mol. The first-order valence-electron chi connectivity index (χ1n) is 4.23. The van der Waals surface area contributed by atoms with E-state index in [1.54, 1.807) is 0 Å². The van der Waals surface area contributed by atoms with E-state index in [4.69, 9.17) is 21.3 Å². The van der Waals surface area contributed by atoms with Crippen LogP contribution in [0.2, 0.25) is 5.02 Å². The fourth-order valence-corrected chi connectivity index (χ4v) is 3.94. The summed E-state index contributed by atoms with van der Waals surface area (Å²) < 4.78 is 31.8. The van der Waals surface area contributed by atoms with Gasteiger partial charge in [-0.05, 0) is 12.1 Å². The van der Waals surface area contributed by atoms with E-state index in [9.17, 15) is 13.2 Å². The van der Waals surface area contributed by atoms with Crippen molar-refractivity contribution in [1.82, 2.24) is 0 Å². The molecule has 9 heteroatoms. The summed E-state index contributed by atoms with van der Waals surface area (Å²) in [7, 11) is -4.59. The van der Waals surface area contributed by atoms with Gasteiger partial charge in [-0.3, -0.25) is 4.55 Å². The van der Waals surface area contributed by atoms with Gasteiger partial charge < -0.3 is 6.53 Å². The minimum atomic E-state index is -4.59. The Morgan fingerprint density at radius 3 is 2.50 bits per heavy atom. The van der Waals surface area contributed by atoms with Crippen LogP contribution in [0.25, 0.3) is 10.1 Å². The molecule has 92 valence electrons. The molecule has 0 unspecified atom stereocenters. The quantitative estimate of drug-likeness (QED) is 0.582. The van der Waals surface area contributed by atoms with Crippen LogP contribution >= 0.6 is 22.9 Å². The number of fused-ring (bicyclic) bond motifs is 1. The number of carbonyl (C=O) groups is 1. The molecule has 2 N–H and O–H groups in total. The molecule has 0 atom stereocenters. The number of halogens is 1. The number of aromatic carboxylic acids is 1. The third kappa shape index (κ3) is 2.88. The summed E-state index contributed by atoms with van der Waals surface area (Å²) in [4.78, 5) is 9.92. The van der Waals surface area contributed by atoms with Gasteiger partial charge in [0.2, 0.25) is 0 Å². The summed E-state index contributed by atoms with van der Waals surface area (Å²) in [6.45, 7) is 0. The first-order chi connectivity index (χ1) is 7.80. The summed E-state index contributed by atoms with van der Waals surface area (Å²) in [5.74, 6) is -1.41. The zero-order chi connectivity index (χ0) is 12.8. The van der Waals surface area contributed by atoms with Gasteiger partial charge in [-0.15, -0.1) is 11.3 Å². The van der Waals surface area contributed by atoms with Gasteiger partial charge in [0.25, 0.3) is 10.1 Å². The fourth-order valence-electron chi connectivity index (χ4n) is 1.44. The Labute approximate surface area is 135 Å². The van der Waals surface area contributed by atoms with Crippen LogP contribution in [0.15, 0.2) is 23.1 Å². The van der Waals surface area contributed by atoms with Gasteiger partial charge in [0.1, 0.15) is 9.77 Å². The van der Waals surface area contributed by atoms with Crippen LogP contribution in [-0.2, 0) is 10.1 Å². The van der Waals surface area contributed by atoms with Crippen LogP contribution in [0.5, 0.6) is 0 Å². The van der Waals surface area contributed by atoms with Crippen molar-refractivity contribution < 1.29 is 53.9 Å². The van der Waals surface area contributed by atoms with Crippen molar-refractivity contribution in [3.63, 3.8) is 0 Å². The third-order valence-electron chi connectivity index (χ3n) is 2.06. The number of hydrogen-bond donors (Lipinski definition) is 2. The Balaban J connectivity index is 0.00000162. The molecule has 2 rings (SSSR count). The molecular weight excluding hydrogens is 311 g/mol. The summed E-state index contributed by atoms with van der Waals surface area (Å²) in [6, 6.07) is 4.24. The third-order valence-corrected chi connectivity index (χ3v) is 4.50. The number of thiophene rings is 1. The Kier molecular flexibility index (Phi) is 4.82. The molecular formula is C9H6ClNaO5S2. The number of benzene rings is 1. The van der Waals surface area contributed by atoms with E-state index in [0.717, 1.165) is 11.3 Å². The minimum absolute atomic E-state index is 0. The Morgan fingerprint density at radius 2 is 2.00 bits per heavy atom. The van der Waals surface area contributed by atoms with Crippen molar-refractivity contribution in [1.29, 1.82) is 0 Å². The second-order valence-electron chi connectivity index (χ2n) is 3.18. The van der Waals surface area contributed by atoms with Crippen molar-refractivity contribution in [2.45, 2.75) is 4.90 Å². The summed E-state index contributed by atoms with van der Waals surface area (Å²) in [6.07, 6.45) is 0. The monoisotopic (exact) mass is 316 g/mol. The molecule has 1 aromatic carbocycles. The summed E-state index contributed by atoms with van der Waals surface area (Å²) >= 11 is 6.47. The van der Waals surface area contributed by atoms with E-state index in [0.29, 0.717) is 9.72 Å². The van der Waals surface area contributed by atoms with E-state index in [2.05, 4.69) is 0 Å². The topological polar surface area (TPSA) is 91.7 Å². The van der Waals surface area contributed by atoms with Crippen molar-refractivity contribution in [2.24, 2.45) is 0 Å². The van der Waals surface area contributed by atoms with Gasteiger partial charge in [-0.25, -0.2) is 4.79 Å². The molecule has 0 spiro atoms. The summed E-state index contributed by atoms with van der Waals surface area (Å²) in [5.41, 5.74) is 0. The van der Waals surface area contributed by atoms with Gasteiger partial charge in [0, 0.05) is 15.1 Å². The molecule has 18 heavy (non-hydrogen) atoms. The van der Waals surface area contributed by atoms with Crippen LogP contribution in [-0.4, -0.2) is 24.0 Å². The number of carboxylic acid groups (broad SMARTS) is 1. The molecule has 1 heterocycles. The SMILES string of the molecule is O=C(O)c1sc2cc(Cl)ccc2c1S(=O)(=O)O.[H-].[Na+]. The van der Waals surface area contributed by atoms with Gasteiger partial charge in [0.15, 0.2) is 0 Å². The first-order valence-corrected chi connectivity index (χ1v) is 6.87. The van der Waals surface area contributed by atoms with E-state index >= 15 is 0 Å². The molecule has 0 aliphatic rings. The van der Waals surface area contributed by atoms with Crippen LogP contribution in [0, 0.1) is 0 Å². The molecule has 0 saturated carbocycles. The van der Waals surface area contributed by atoms with Crippen LogP contribution < -0.4 is 29.6 Å². The molecule has 0 saturated heterocycles. The fraction of sp³-hybridized carbons (Fsp3) is 0. The van der Waals surface area contributed by atoms with Crippen LogP contribution in [0.4, 0.5) is 0 Å². The standard InChI is InChI=1S/C9H5ClO5S2.Na.H/c10-4-1-2-5-6(3-4)16-7(9(11)12)8(5)17(13,14)15;;/h1-3H,(H,11,12)(H,13,14,15);;/q;+1;-1. The number of carboxylic acids is 1. The smallest absolute Gasteiger partial charge is 1.00 e. The van der Waals surface area contributed by atoms with Crippen molar-refractivity contribution in [2.75, 3.05) is 0 Å². The molecule has 0 aliphatic carbocycles. The second kappa shape index (κ2) is 5.46. The molecule has 0 amide bonds. The van der Waals surface area contributed by atoms with Gasteiger partial charge in [0.05, 0.1) is 0 Å². The maximum Gasteiger partial charge on any atom is 1.00 e. The molecule has 0 fully saturated rings. The molecule has 5 nitrogen and oxygen atoms in total. The second-order valence-corrected chi connectivity index (χ2v) is 6.03. The molecule has 0 radical (unpaired) electrons. The average Bonchev–Trinajstić information content (AvgIpc) is 2.55. The Hall–Kier alpha value is -0.150. The normalized spacial score (nSPS) is 11.2. The maximum absolute atomic E-state index is 11.2. The van der Waals surface area contributed by atoms with Gasteiger partial charge >= 0.3 is 35.5 Å². The van der Waals surface area contributed by atoms with Gasteiger partial charge in [-0.2, -0.15) is 8.42 Å². The van der Waals surface area contributed by atoms with E-state index < -0.39 is 25.9 Å². The Bertz CT molecular complexity index is 728. The predicted octanol–water partition coefficient (Wildman–Crippen LogP) is -0.384. The zero-order valence-corrected chi connectivity index (χ0v) is 13.4. The maximum atomic E-state index is 11.2. The number of hydrogen-bond acceptors (Lipinski definition) is 4. The molecule has 0 bridgehead atoms. The largest absolute Gasteiger partial charge is 1.00 e. The molecule has 1 aromatic heterocycles. The van der Waals surface area contributed by atoms with E-state index in [1.807, 2.05) is 0 Å². The van der Waals surface area contributed by atoms with Crippen molar-refractivity contribution >= 4 is 49.1 Å². The minimum Gasteiger partial charge on any atom is -1.00 e. The zero-order valence-electron chi connectivity index (χ0n) is 10.0.